The highest BCUT2D eigenvalue weighted by Gasteiger charge is 2.52. The molecule has 2 aliphatic heterocycles. The zero-order valence-corrected chi connectivity index (χ0v) is 11.1. The van der Waals surface area contributed by atoms with Gasteiger partial charge in [0.25, 0.3) is 0 Å². The standard InChI is InChI=1S/C9H15BFO3PS/c1-6-7(11)8(10)14-9(6)3-4-12-15(2,16)13-5-9/h6-8H,3-5H2,1-2H3/t6?,7-,8+,9+,15?/m0/s1. The highest BCUT2D eigenvalue weighted by atomic mass is 32.5. The molecule has 2 radical (unpaired) electrons. The molecule has 0 aromatic heterocycles. The van der Waals surface area contributed by atoms with E-state index in [1.54, 1.807) is 13.6 Å². The van der Waals surface area contributed by atoms with Crippen LogP contribution in [0.1, 0.15) is 13.3 Å². The summed E-state index contributed by atoms with van der Waals surface area (Å²) in [5, 5.41) is 0. The van der Waals surface area contributed by atoms with Crippen LogP contribution in [-0.2, 0) is 25.6 Å². The molecule has 0 N–H and O–H groups in total. The van der Waals surface area contributed by atoms with Gasteiger partial charge in [-0.3, -0.25) is 0 Å². The van der Waals surface area contributed by atoms with E-state index in [1.807, 2.05) is 0 Å². The monoisotopic (exact) mass is 264 g/mol. The molecule has 2 rings (SSSR count). The van der Waals surface area contributed by atoms with Crippen LogP contribution in [0.25, 0.3) is 0 Å². The average Bonchev–Trinajstić information content (AvgIpc) is 2.37. The third-order valence-electron chi connectivity index (χ3n) is 3.39. The number of ether oxygens (including phenoxy) is 1. The molecule has 3 nitrogen and oxygen atoms in total. The average molecular weight is 264 g/mol. The van der Waals surface area contributed by atoms with E-state index in [1.165, 1.54) is 0 Å². The highest BCUT2D eigenvalue weighted by Crippen LogP contribution is 2.51. The van der Waals surface area contributed by atoms with Crippen molar-refractivity contribution < 1.29 is 18.2 Å². The van der Waals surface area contributed by atoms with E-state index >= 15 is 0 Å². The number of alkyl halides is 1. The summed E-state index contributed by atoms with van der Waals surface area (Å²) in [7, 11) is 5.58. The molecule has 0 bridgehead atoms. The van der Waals surface area contributed by atoms with Crippen molar-refractivity contribution in [1.29, 1.82) is 0 Å². The van der Waals surface area contributed by atoms with Crippen molar-refractivity contribution in [2.45, 2.75) is 31.1 Å². The molecule has 2 aliphatic rings. The molecule has 0 aromatic rings. The summed E-state index contributed by atoms with van der Waals surface area (Å²) in [4.78, 5) is 0. The fourth-order valence-corrected chi connectivity index (χ4v) is 3.52. The lowest BCUT2D eigenvalue weighted by Crippen LogP contribution is -2.40. The summed E-state index contributed by atoms with van der Waals surface area (Å²) >= 11 is 5.18. The van der Waals surface area contributed by atoms with Gasteiger partial charge < -0.3 is 13.8 Å². The van der Waals surface area contributed by atoms with Crippen molar-refractivity contribution in [3.05, 3.63) is 0 Å². The Bertz CT molecular complexity index is 332. The largest absolute Gasteiger partial charge is 0.376 e. The Labute approximate surface area is 102 Å². The summed E-state index contributed by atoms with van der Waals surface area (Å²) < 4.78 is 30.3. The Hall–Kier alpha value is 0.525. The van der Waals surface area contributed by atoms with Crippen LogP contribution in [0.3, 0.4) is 0 Å². The maximum Gasteiger partial charge on any atom is 0.185 e. The van der Waals surface area contributed by atoms with Gasteiger partial charge in [-0.15, -0.1) is 0 Å². The van der Waals surface area contributed by atoms with Gasteiger partial charge >= 0.3 is 0 Å². The Kier molecular flexibility index (Phi) is 3.50. The predicted octanol–water partition coefficient (Wildman–Crippen LogP) is 1.60. The first-order chi connectivity index (χ1) is 7.36. The van der Waals surface area contributed by atoms with Crippen LogP contribution < -0.4 is 0 Å². The molecule has 1 spiro atoms. The molecule has 0 aliphatic carbocycles. The van der Waals surface area contributed by atoms with Gasteiger partial charge in [0.15, 0.2) is 6.49 Å². The molecule has 0 aromatic carbocycles. The van der Waals surface area contributed by atoms with E-state index in [2.05, 4.69) is 0 Å². The summed E-state index contributed by atoms with van der Waals surface area (Å²) in [5.41, 5.74) is -0.671. The summed E-state index contributed by atoms with van der Waals surface area (Å²) in [5.74, 6) is -0.292. The van der Waals surface area contributed by atoms with E-state index in [0.717, 1.165) is 0 Å². The van der Waals surface area contributed by atoms with Crippen LogP contribution >= 0.6 is 6.49 Å². The van der Waals surface area contributed by atoms with Crippen LogP contribution in [0.15, 0.2) is 0 Å². The predicted molar refractivity (Wildman–Crippen MR) is 64.1 cm³/mol. The van der Waals surface area contributed by atoms with Crippen LogP contribution in [0, 0.1) is 5.92 Å². The van der Waals surface area contributed by atoms with Crippen LogP contribution in [0.5, 0.6) is 0 Å². The summed E-state index contributed by atoms with van der Waals surface area (Å²) in [6.45, 7) is 2.10. The third-order valence-corrected chi connectivity index (χ3v) is 5.27. The lowest BCUT2D eigenvalue weighted by Gasteiger charge is -2.30. The smallest absolute Gasteiger partial charge is 0.185 e. The van der Waals surface area contributed by atoms with Gasteiger partial charge in [-0.05, 0) is 11.8 Å². The van der Waals surface area contributed by atoms with Crippen molar-refractivity contribution in [2.75, 3.05) is 19.9 Å². The van der Waals surface area contributed by atoms with Crippen LogP contribution in [-0.4, -0.2) is 45.5 Å². The number of hydrogen-bond acceptors (Lipinski definition) is 4. The maximum absolute atomic E-state index is 13.7. The molecule has 5 atom stereocenters. The summed E-state index contributed by atoms with van der Waals surface area (Å²) in [6, 6.07) is -0.869. The second kappa shape index (κ2) is 4.32. The van der Waals surface area contributed by atoms with Crippen molar-refractivity contribution in [2.24, 2.45) is 5.92 Å². The van der Waals surface area contributed by atoms with E-state index in [0.29, 0.717) is 13.0 Å². The fraction of sp³-hybridized carbons (Fsp3) is 1.00. The lowest BCUT2D eigenvalue weighted by atomic mass is 9.82. The Morgan fingerprint density at radius 2 is 2.19 bits per heavy atom. The first kappa shape index (κ1) is 13.0. The second-order valence-corrected chi connectivity index (χ2v) is 8.56. The molecule has 90 valence electrons. The van der Waals surface area contributed by atoms with E-state index in [4.69, 9.17) is 33.4 Å². The minimum Gasteiger partial charge on any atom is -0.376 e. The van der Waals surface area contributed by atoms with E-state index in [-0.39, 0.29) is 12.5 Å². The number of hydrogen-bond donors (Lipinski definition) is 0. The van der Waals surface area contributed by atoms with Gasteiger partial charge in [0.2, 0.25) is 0 Å². The number of halogens is 1. The van der Waals surface area contributed by atoms with Crippen molar-refractivity contribution >= 4 is 26.1 Å². The van der Waals surface area contributed by atoms with Gasteiger partial charge in [0, 0.05) is 25.0 Å². The Balaban J connectivity index is 2.17. The quantitative estimate of drug-likeness (QED) is 0.490. The fourth-order valence-electron chi connectivity index (χ4n) is 2.19. The van der Waals surface area contributed by atoms with Gasteiger partial charge in [0.05, 0.1) is 18.8 Å². The maximum atomic E-state index is 13.7. The molecule has 0 amide bonds. The van der Waals surface area contributed by atoms with Crippen LogP contribution in [0.2, 0.25) is 0 Å². The Morgan fingerprint density at radius 1 is 1.50 bits per heavy atom. The minimum absolute atomic E-state index is 0.274. The van der Waals surface area contributed by atoms with E-state index in [9.17, 15) is 4.39 Å². The Morgan fingerprint density at radius 3 is 2.75 bits per heavy atom. The minimum atomic E-state index is -2.18. The molecule has 16 heavy (non-hydrogen) atoms. The van der Waals surface area contributed by atoms with Gasteiger partial charge in [-0.25, -0.2) is 4.39 Å². The van der Waals surface area contributed by atoms with Gasteiger partial charge in [-0.2, -0.15) is 0 Å². The highest BCUT2D eigenvalue weighted by molar-refractivity contribution is 8.09. The molecular weight excluding hydrogens is 249 g/mol. The normalized spacial score (nSPS) is 54.1. The van der Waals surface area contributed by atoms with E-state index < -0.39 is 24.3 Å². The summed E-state index contributed by atoms with van der Waals surface area (Å²) in [6.07, 6.45) is -0.578. The first-order valence-corrected chi connectivity index (χ1v) is 8.39. The molecule has 2 saturated heterocycles. The molecule has 7 heteroatoms. The molecule has 2 fully saturated rings. The van der Waals surface area contributed by atoms with Gasteiger partial charge in [-0.1, -0.05) is 6.92 Å². The zero-order chi connectivity index (χ0) is 12.0. The van der Waals surface area contributed by atoms with Crippen molar-refractivity contribution in [3.8, 4) is 0 Å². The molecule has 2 unspecified atom stereocenters. The first-order valence-electron chi connectivity index (χ1n) is 5.30. The SMILES string of the molecule is [B][C@@H]1O[C@@]2(CCOP(C)(=S)OC2)C(C)[C@@H]1F. The van der Waals surface area contributed by atoms with Crippen molar-refractivity contribution in [3.63, 3.8) is 0 Å². The molecule has 2 heterocycles. The lowest BCUT2D eigenvalue weighted by molar-refractivity contribution is -0.0621. The van der Waals surface area contributed by atoms with Gasteiger partial charge in [0.1, 0.15) is 14.0 Å². The third kappa shape index (κ3) is 2.23. The molecule has 0 saturated carbocycles. The number of rotatable bonds is 0. The van der Waals surface area contributed by atoms with Crippen molar-refractivity contribution in [1.82, 2.24) is 0 Å². The zero-order valence-electron chi connectivity index (χ0n) is 9.39. The van der Waals surface area contributed by atoms with Crippen LogP contribution in [0.4, 0.5) is 4.39 Å². The second-order valence-electron chi connectivity index (χ2n) is 4.51. The molecular formula is C9H15BFO3PS. The topological polar surface area (TPSA) is 27.7 Å².